The summed E-state index contributed by atoms with van der Waals surface area (Å²) in [5, 5.41) is 9.21. The van der Waals surface area contributed by atoms with Gasteiger partial charge in [0.15, 0.2) is 0 Å². The third-order valence-corrected chi connectivity index (χ3v) is 4.07. The SMILES string of the molecule is CC1CN(CC2CCCCC2N)CC(CO)O1. The molecule has 2 aliphatic rings. The van der Waals surface area contributed by atoms with Crippen molar-refractivity contribution in [3.05, 3.63) is 0 Å². The minimum Gasteiger partial charge on any atom is -0.394 e. The Bertz CT molecular complexity index is 237. The molecule has 1 saturated heterocycles. The van der Waals surface area contributed by atoms with Crippen LogP contribution >= 0.6 is 0 Å². The summed E-state index contributed by atoms with van der Waals surface area (Å²) in [4.78, 5) is 2.42. The number of hydrogen-bond donors (Lipinski definition) is 2. The maximum absolute atomic E-state index is 9.21. The van der Waals surface area contributed by atoms with E-state index in [-0.39, 0.29) is 18.8 Å². The molecule has 2 rings (SSSR count). The maximum Gasteiger partial charge on any atom is 0.0936 e. The molecule has 17 heavy (non-hydrogen) atoms. The zero-order chi connectivity index (χ0) is 12.3. The van der Waals surface area contributed by atoms with Crippen LogP contribution in [-0.4, -0.2) is 54.5 Å². The number of nitrogens with zero attached hydrogens (tertiary/aromatic N) is 1. The molecule has 2 fully saturated rings. The predicted molar refractivity (Wildman–Crippen MR) is 67.8 cm³/mol. The van der Waals surface area contributed by atoms with Gasteiger partial charge in [-0.25, -0.2) is 0 Å². The van der Waals surface area contributed by atoms with Gasteiger partial charge >= 0.3 is 0 Å². The van der Waals surface area contributed by atoms with E-state index in [1.54, 1.807) is 0 Å². The quantitative estimate of drug-likeness (QED) is 0.760. The van der Waals surface area contributed by atoms with Crippen LogP contribution in [0, 0.1) is 5.92 Å². The highest BCUT2D eigenvalue weighted by Gasteiger charge is 2.29. The molecule has 0 bridgehead atoms. The van der Waals surface area contributed by atoms with Crippen molar-refractivity contribution in [2.45, 2.75) is 50.9 Å². The summed E-state index contributed by atoms with van der Waals surface area (Å²) in [6, 6.07) is 0.370. The topological polar surface area (TPSA) is 58.7 Å². The van der Waals surface area contributed by atoms with E-state index < -0.39 is 0 Å². The van der Waals surface area contributed by atoms with Crippen molar-refractivity contribution in [1.29, 1.82) is 0 Å². The lowest BCUT2D eigenvalue weighted by Gasteiger charge is -2.40. The fourth-order valence-corrected chi connectivity index (χ4v) is 3.19. The van der Waals surface area contributed by atoms with Crippen LogP contribution in [0.2, 0.25) is 0 Å². The number of nitrogens with two attached hydrogens (primary N) is 1. The van der Waals surface area contributed by atoms with Crippen LogP contribution in [0.1, 0.15) is 32.6 Å². The number of hydrogen-bond acceptors (Lipinski definition) is 4. The van der Waals surface area contributed by atoms with Gasteiger partial charge in [0, 0.05) is 25.7 Å². The van der Waals surface area contributed by atoms with Gasteiger partial charge in [-0.05, 0) is 25.7 Å². The van der Waals surface area contributed by atoms with Gasteiger partial charge < -0.3 is 15.6 Å². The molecule has 0 amide bonds. The summed E-state index contributed by atoms with van der Waals surface area (Å²) in [5.41, 5.74) is 6.19. The second kappa shape index (κ2) is 6.14. The largest absolute Gasteiger partial charge is 0.394 e. The summed E-state index contributed by atoms with van der Waals surface area (Å²) in [6.07, 6.45) is 5.25. The van der Waals surface area contributed by atoms with Crippen molar-refractivity contribution in [2.75, 3.05) is 26.2 Å². The van der Waals surface area contributed by atoms with E-state index in [2.05, 4.69) is 11.8 Å². The van der Waals surface area contributed by atoms with E-state index in [0.29, 0.717) is 12.0 Å². The fourth-order valence-electron chi connectivity index (χ4n) is 3.19. The van der Waals surface area contributed by atoms with Crippen molar-refractivity contribution in [1.82, 2.24) is 4.90 Å². The van der Waals surface area contributed by atoms with Crippen LogP contribution in [0.3, 0.4) is 0 Å². The molecule has 1 heterocycles. The molecule has 4 atom stereocenters. The van der Waals surface area contributed by atoms with E-state index in [9.17, 15) is 5.11 Å². The molecule has 3 N–H and O–H groups in total. The molecule has 4 unspecified atom stereocenters. The Labute approximate surface area is 104 Å². The summed E-state index contributed by atoms with van der Waals surface area (Å²) in [6.45, 7) is 5.10. The Hall–Kier alpha value is -0.160. The van der Waals surface area contributed by atoms with Gasteiger partial charge in [0.05, 0.1) is 18.8 Å². The van der Waals surface area contributed by atoms with E-state index in [1.165, 1.54) is 25.7 Å². The van der Waals surface area contributed by atoms with Crippen molar-refractivity contribution in [3.8, 4) is 0 Å². The second-order valence-corrected chi connectivity index (χ2v) is 5.68. The molecule has 0 spiro atoms. The summed E-state index contributed by atoms with van der Waals surface area (Å²) in [5.74, 6) is 0.633. The highest BCUT2D eigenvalue weighted by molar-refractivity contribution is 4.83. The second-order valence-electron chi connectivity index (χ2n) is 5.68. The monoisotopic (exact) mass is 242 g/mol. The standard InChI is InChI=1S/C13H26N2O2/c1-10-6-15(8-12(9-16)17-10)7-11-4-2-3-5-13(11)14/h10-13,16H,2-9,14H2,1H3. The van der Waals surface area contributed by atoms with Gasteiger partial charge in [-0.2, -0.15) is 0 Å². The zero-order valence-electron chi connectivity index (χ0n) is 10.8. The fraction of sp³-hybridized carbons (Fsp3) is 1.00. The maximum atomic E-state index is 9.21. The first-order chi connectivity index (χ1) is 8.19. The van der Waals surface area contributed by atoms with E-state index >= 15 is 0 Å². The number of aliphatic hydroxyl groups is 1. The smallest absolute Gasteiger partial charge is 0.0936 e. The van der Waals surface area contributed by atoms with Crippen molar-refractivity contribution in [2.24, 2.45) is 11.7 Å². The third-order valence-electron chi connectivity index (χ3n) is 4.07. The number of aliphatic hydroxyl groups excluding tert-OH is 1. The Morgan fingerprint density at radius 2 is 2.06 bits per heavy atom. The Morgan fingerprint density at radius 3 is 2.76 bits per heavy atom. The lowest BCUT2D eigenvalue weighted by atomic mass is 9.84. The average molecular weight is 242 g/mol. The zero-order valence-corrected chi connectivity index (χ0v) is 10.8. The molecule has 4 nitrogen and oxygen atoms in total. The van der Waals surface area contributed by atoms with Gasteiger partial charge in [-0.3, -0.25) is 4.90 Å². The summed E-state index contributed by atoms with van der Waals surface area (Å²) in [7, 11) is 0. The van der Waals surface area contributed by atoms with Gasteiger partial charge in [0.2, 0.25) is 0 Å². The molecule has 0 radical (unpaired) electrons. The molecular weight excluding hydrogens is 216 g/mol. The Kier molecular flexibility index (Phi) is 4.79. The number of ether oxygens (including phenoxy) is 1. The number of rotatable bonds is 3. The van der Waals surface area contributed by atoms with Crippen LogP contribution in [-0.2, 0) is 4.74 Å². The number of morpholine rings is 1. The Balaban J connectivity index is 1.84. The first-order valence-electron chi connectivity index (χ1n) is 6.93. The van der Waals surface area contributed by atoms with Crippen molar-refractivity contribution >= 4 is 0 Å². The minimum atomic E-state index is -0.0152. The van der Waals surface area contributed by atoms with Gasteiger partial charge in [-0.15, -0.1) is 0 Å². The first-order valence-corrected chi connectivity index (χ1v) is 6.93. The van der Waals surface area contributed by atoms with Crippen molar-refractivity contribution < 1.29 is 9.84 Å². The molecule has 4 heteroatoms. The molecule has 0 aromatic rings. The lowest BCUT2D eigenvalue weighted by molar-refractivity contribution is -0.0990. The molecule has 0 aromatic carbocycles. The molecular formula is C13H26N2O2. The summed E-state index contributed by atoms with van der Waals surface area (Å²) >= 11 is 0. The first kappa shape index (κ1) is 13.3. The third kappa shape index (κ3) is 3.65. The van der Waals surface area contributed by atoms with Crippen LogP contribution in [0.4, 0.5) is 0 Å². The molecule has 0 aromatic heterocycles. The predicted octanol–water partition coefficient (Wildman–Crippen LogP) is 0.586. The summed E-state index contributed by atoms with van der Waals surface area (Å²) < 4.78 is 5.66. The average Bonchev–Trinajstić information content (AvgIpc) is 2.31. The molecule has 100 valence electrons. The van der Waals surface area contributed by atoms with Crippen LogP contribution in [0.15, 0.2) is 0 Å². The van der Waals surface area contributed by atoms with E-state index in [4.69, 9.17) is 10.5 Å². The van der Waals surface area contributed by atoms with Crippen LogP contribution in [0.5, 0.6) is 0 Å². The van der Waals surface area contributed by atoms with Gasteiger partial charge in [0.1, 0.15) is 0 Å². The molecule has 1 aliphatic heterocycles. The van der Waals surface area contributed by atoms with Gasteiger partial charge in [-0.1, -0.05) is 12.8 Å². The Morgan fingerprint density at radius 1 is 1.29 bits per heavy atom. The van der Waals surface area contributed by atoms with Crippen LogP contribution < -0.4 is 5.73 Å². The highest BCUT2D eigenvalue weighted by atomic mass is 16.5. The van der Waals surface area contributed by atoms with E-state index in [0.717, 1.165) is 19.6 Å². The minimum absolute atomic E-state index is 0.0152. The van der Waals surface area contributed by atoms with Crippen LogP contribution in [0.25, 0.3) is 0 Å². The molecule has 1 aliphatic carbocycles. The lowest BCUT2D eigenvalue weighted by Crippen LogP contribution is -2.51. The molecule has 1 saturated carbocycles. The van der Waals surface area contributed by atoms with E-state index in [1.807, 2.05) is 0 Å². The van der Waals surface area contributed by atoms with Crippen molar-refractivity contribution in [3.63, 3.8) is 0 Å². The normalized spacial score (nSPS) is 40.4. The van der Waals surface area contributed by atoms with Gasteiger partial charge in [0.25, 0.3) is 0 Å². The highest BCUT2D eigenvalue weighted by Crippen LogP contribution is 2.25.